The summed E-state index contributed by atoms with van der Waals surface area (Å²) in [7, 11) is -4.66. The van der Waals surface area contributed by atoms with Gasteiger partial charge < -0.3 is 5.73 Å². The summed E-state index contributed by atoms with van der Waals surface area (Å²) in [6.45, 7) is 0. The van der Waals surface area contributed by atoms with Gasteiger partial charge in [-0.05, 0) is 18.2 Å². The lowest BCUT2D eigenvalue weighted by atomic mass is 10.3. The van der Waals surface area contributed by atoms with Gasteiger partial charge in [0, 0.05) is 10.2 Å². The van der Waals surface area contributed by atoms with E-state index in [-0.39, 0.29) is 5.69 Å². The monoisotopic (exact) mass is 253 g/mol. The van der Waals surface area contributed by atoms with E-state index < -0.39 is 15.1 Å². The molecule has 0 bridgehead atoms. The molecule has 0 aliphatic heterocycles. The predicted octanol–water partition coefficient (Wildman–Crippen LogP) is 1.69. The quantitative estimate of drug-likeness (QED) is 0.612. The molecule has 0 radical (unpaired) electrons. The molecular weight excluding hydrogens is 249 g/mol. The highest BCUT2D eigenvalue weighted by Crippen LogP contribution is 2.21. The maximum Gasteiger partial charge on any atom is 0.332 e. The third-order valence-corrected chi connectivity index (χ3v) is 2.43. The van der Waals surface area contributed by atoms with Crippen molar-refractivity contribution in [2.75, 3.05) is 5.73 Å². The van der Waals surface area contributed by atoms with Gasteiger partial charge in [-0.15, -0.1) is 3.89 Å². The highest BCUT2D eigenvalue weighted by Gasteiger charge is 2.12. The lowest BCUT2D eigenvalue weighted by Crippen LogP contribution is -1.94. The summed E-state index contributed by atoms with van der Waals surface area (Å²) in [5.74, 6) is 0. The van der Waals surface area contributed by atoms with Crippen molar-refractivity contribution >= 4 is 31.8 Å². The highest BCUT2D eigenvalue weighted by molar-refractivity contribution is 9.10. The molecule has 0 saturated carbocycles. The molecule has 0 aliphatic carbocycles. The van der Waals surface area contributed by atoms with Crippen molar-refractivity contribution in [3.8, 4) is 0 Å². The fraction of sp³-hybridized carbons (Fsp3) is 0. The predicted molar refractivity (Wildman–Crippen MR) is 46.8 cm³/mol. The molecule has 0 amide bonds. The van der Waals surface area contributed by atoms with Crippen LogP contribution in [0.1, 0.15) is 0 Å². The van der Waals surface area contributed by atoms with Gasteiger partial charge in [0.2, 0.25) is 0 Å². The second-order valence-electron chi connectivity index (χ2n) is 2.16. The topological polar surface area (TPSA) is 60.2 Å². The molecule has 6 heteroatoms. The van der Waals surface area contributed by atoms with Crippen molar-refractivity contribution in [2.24, 2.45) is 0 Å². The van der Waals surface area contributed by atoms with Crippen molar-refractivity contribution in [2.45, 2.75) is 4.90 Å². The zero-order valence-electron chi connectivity index (χ0n) is 5.79. The van der Waals surface area contributed by atoms with Crippen LogP contribution in [0.15, 0.2) is 27.6 Å². The third kappa shape index (κ3) is 2.18. The second-order valence-corrected chi connectivity index (χ2v) is 4.42. The Morgan fingerprint density at radius 2 is 1.92 bits per heavy atom. The third-order valence-electron chi connectivity index (χ3n) is 1.18. The number of nitrogen functional groups attached to an aromatic ring is 1. The Bertz CT molecular complexity index is 384. The number of halogens is 2. The number of rotatable bonds is 1. The van der Waals surface area contributed by atoms with E-state index in [1.165, 1.54) is 6.07 Å². The van der Waals surface area contributed by atoms with Gasteiger partial charge >= 0.3 is 10.2 Å². The lowest BCUT2D eigenvalue weighted by molar-refractivity contribution is 0.552. The molecule has 1 aromatic rings. The molecule has 0 unspecified atom stereocenters. The molecule has 2 N–H and O–H groups in total. The largest absolute Gasteiger partial charge is 0.399 e. The average molecular weight is 254 g/mol. The van der Waals surface area contributed by atoms with Crippen molar-refractivity contribution in [3.63, 3.8) is 0 Å². The second kappa shape index (κ2) is 3.02. The van der Waals surface area contributed by atoms with E-state index in [1.54, 1.807) is 0 Å². The number of hydrogen-bond donors (Lipinski definition) is 1. The fourth-order valence-electron chi connectivity index (χ4n) is 0.725. The number of hydrogen-bond acceptors (Lipinski definition) is 3. The molecule has 0 atom stereocenters. The van der Waals surface area contributed by atoms with Crippen molar-refractivity contribution < 1.29 is 12.3 Å². The van der Waals surface area contributed by atoms with Crippen LogP contribution < -0.4 is 5.73 Å². The molecule has 0 aliphatic rings. The Morgan fingerprint density at radius 1 is 1.33 bits per heavy atom. The first-order chi connectivity index (χ1) is 5.39. The Hall–Kier alpha value is -0.620. The minimum absolute atomic E-state index is 0.195. The molecule has 1 rings (SSSR count). The minimum atomic E-state index is -4.66. The van der Waals surface area contributed by atoms with Crippen LogP contribution in [0.25, 0.3) is 0 Å². The van der Waals surface area contributed by atoms with Crippen molar-refractivity contribution in [1.29, 1.82) is 0 Å². The molecular formula is C6H5BrFNO2S. The zero-order valence-corrected chi connectivity index (χ0v) is 8.19. The molecule has 3 nitrogen and oxygen atoms in total. The van der Waals surface area contributed by atoms with E-state index in [1.807, 2.05) is 0 Å². The van der Waals surface area contributed by atoms with Gasteiger partial charge in [-0.2, -0.15) is 8.42 Å². The van der Waals surface area contributed by atoms with Gasteiger partial charge in [-0.1, -0.05) is 15.9 Å². The molecule has 66 valence electrons. The molecule has 12 heavy (non-hydrogen) atoms. The molecule has 1 aromatic carbocycles. The Kier molecular flexibility index (Phi) is 2.39. The summed E-state index contributed by atoms with van der Waals surface area (Å²) in [6, 6.07) is 3.68. The summed E-state index contributed by atoms with van der Waals surface area (Å²) in [5, 5.41) is 0. The molecule has 0 spiro atoms. The maximum absolute atomic E-state index is 12.4. The first-order valence-corrected chi connectivity index (χ1v) is 5.08. The Balaban J connectivity index is 3.37. The molecule has 0 saturated heterocycles. The first-order valence-electron chi connectivity index (χ1n) is 2.90. The van der Waals surface area contributed by atoms with E-state index in [9.17, 15) is 12.3 Å². The van der Waals surface area contributed by atoms with E-state index in [2.05, 4.69) is 15.9 Å². The number of nitrogens with two attached hydrogens (primary N) is 1. The van der Waals surface area contributed by atoms with Crippen LogP contribution in [0.2, 0.25) is 0 Å². The van der Waals surface area contributed by atoms with Crippen LogP contribution in [-0.4, -0.2) is 8.42 Å². The van der Waals surface area contributed by atoms with Gasteiger partial charge in [0.05, 0.1) is 0 Å². The molecule has 0 fully saturated rings. The van der Waals surface area contributed by atoms with Crippen molar-refractivity contribution in [3.05, 3.63) is 22.7 Å². The van der Waals surface area contributed by atoms with Crippen LogP contribution in [0.5, 0.6) is 0 Å². The minimum Gasteiger partial charge on any atom is -0.399 e. The summed E-state index contributed by atoms with van der Waals surface area (Å²) < 4.78 is 33.6. The van der Waals surface area contributed by atoms with Crippen LogP contribution in [0.3, 0.4) is 0 Å². The van der Waals surface area contributed by atoms with E-state index in [0.29, 0.717) is 4.47 Å². The smallest absolute Gasteiger partial charge is 0.332 e. The molecule has 0 aromatic heterocycles. The van der Waals surface area contributed by atoms with Crippen LogP contribution in [0, 0.1) is 0 Å². The fourth-order valence-corrected chi connectivity index (χ4v) is 1.93. The van der Waals surface area contributed by atoms with Gasteiger partial charge in [-0.3, -0.25) is 0 Å². The van der Waals surface area contributed by atoms with E-state index in [0.717, 1.165) is 12.1 Å². The SMILES string of the molecule is Nc1cc(Br)cc(S(=O)(=O)F)c1. The van der Waals surface area contributed by atoms with Gasteiger partial charge in [0.15, 0.2) is 0 Å². The molecule has 0 heterocycles. The number of benzene rings is 1. The summed E-state index contributed by atoms with van der Waals surface area (Å²) in [4.78, 5) is -0.436. The average Bonchev–Trinajstić information content (AvgIpc) is 1.82. The van der Waals surface area contributed by atoms with Crippen molar-refractivity contribution in [1.82, 2.24) is 0 Å². The summed E-state index contributed by atoms with van der Waals surface area (Å²) in [5.41, 5.74) is 5.49. The van der Waals surface area contributed by atoms with Crippen LogP contribution in [-0.2, 0) is 10.2 Å². The maximum atomic E-state index is 12.4. The lowest BCUT2D eigenvalue weighted by Gasteiger charge is -1.98. The Labute approximate surface area is 77.7 Å². The summed E-state index contributed by atoms with van der Waals surface area (Å²) in [6.07, 6.45) is 0. The van der Waals surface area contributed by atoms with Gasteiger partial charge in [0.1, 0.15) is 4.90 Å². The standard InChI is InChI=1S/C6H5BrFNO2S/c7-4-1-5(9)3-6(2-4)12(8,10)11/h1-3H,9H2. The zero-order chi connectivity index (χ0) is 9.35. The summed E-state index contributed by atoms with van der Waals surface area (Å²) >= 11 is 2.99. The normalized spacial score (nSPS) is 11.5. The van der Waals surface area contributed by atoms with Gasteiger partial charge in [-0.25, -0.2) is 0 Å². The van der Waals surface area contributed by atoms with E-state index in [4.69, 9.17) is 5.73 Å². The van der Waals surface area contributed by atoms with Gasteiger partial charge in [0.25, 0.3) is 0 Å². The van der Waals surface area contributed by atoms with E-state index >= 15 is 0 Å². The van der Waals surface area contributed by atoms with Crippen LogP contribution >= 0.6 is 15.9 Å². The first kappa shape index (κ1) is 9.47. The highest BCUT2D eigenvalue weighted by atomic mass is 79.9. The number of anilines is 1. The van der Waals surface area contributed by atoms with Crippen LogP contribution in [0.4, 0.5) is 9.57 Å². The Morgan fingerprint density at radius 3 is 2.33 bits per heavy atom.